The fraction of sp³-hybridized carbons (Fsp3) is 0.545. The molecule has 0 aromatic heterocycles. The summed E-state index contributed by atoms with van der Waals surface area (Å²) in [6.07, 6.45) is 3.38. The molecular formula is C22H26F2N4O3. The zero-order valence-corrected chi connectivity index (χ0v) is 17.1. The quantitative estimate of drug-likeness (QED) is 0.523. The van der Waals surface area contributed by atoms with Gasteiger partial charge in [0.1, 0.15) is 23.7 Å². The second-order valence-electron chi connectivity index (χ2n) is 8.28. The molecule has 0 spiro atoms. The number of benzene rings is 1. The molecule has 1 heterocycles. The van der Waals surface area contributed by atoms with Crippen molar-refractivity contribution in [3.8, 4) is 6.07 Å². The van der Waals surface area contributed by atoms with Gasteiger partial charge in [-0.05, 0) is 49.3 Å². The summed E-state index contributed by atoms with van der Waals surface area (Å²) in [5, 5.41) is 17.4. The van der Waals surface area contributed by atoms with E-state index in [-0.39, 0.29) is 31.1 Å². The number of hydrogen-bond acceptors (Lipinski definition) is 4. The first-order valence-electron chi connectivity index (χ1n) is 10.6. The van der Waals surface area contributed by atoms with E-state index in [2.05, 4.69) is 16.0 Å². The summed E-state index contributed by atoms with van der Waals surface area (Å²) < 4.78 is 26.6. The van der Waals surface area contributed by atoms with Gasteiger partial charge in [0.05, 0.1) is 6.07 Å². The molecule has 1 aliphatic heterocycles. The summed E-state index contributed by atoms with van der Waals surface area (Å²) in [5.74, 6) is -2.37. The SMILES string of the molecule is N#C[C@H](C[C@@H]1CCNC1=O)NC(=O)C(CC1CC1)NC(=O)CCc1cc(F)cc(F)c1. The van der Waals surface area contributed by atoms with E-state index in [0.29, 0.717) is 30.9 Å². The van der Waals surface area contributed by atoms with E-state index in [1.807, 2.05) is 6.07 Å². The van der Waals surface area contributed by atoms with Crippen molar-refractivity contribution >= 4 is 17.7 Å². The summed E-state index contributed by atoms with van der Waals surface area (Å²) in [6.45, 7) is 0.561. The molecule has 3 N–H and O–H groups in total. The summed E-state index contributed by atoms with van der Waals surface area (Å²) in [7, 11) is 0. The van der Waals surface area contributed by atoms with Gasteiger partial charge in [-0.1, -0.05) is 12.8 Å². The van der Waals surface area contributed by atoms with Gasteiger partial charge in [0.2, 0.25) is 17.7 Å². The first-order valence-corrected chi connectivity index (χ1v) is 10.6. The van der Waals surface area contributed by atoms with Gasteiger partial charge in [0.25, 0.3) is 0 Å². The standard InChI is InChI=1S/C22H26F2N4O3/c23-16-7-14(8-17(24)11-16)3-4-20(29)28-19(9-13-1-2-13)22(31)27-18(12-25)10-15-5-6-26-21(15)30/h7-8,11,13,15,18-19H,1-6,9-10H2,(H,26,30)(H,27,31)(H,28,29)/t15-,18-,19?/m0/s1. The summed E-state index contributed by atoms with van der Waals surface area (Å²) in [5.41, 5.74) is 0.357. The molecule has 1 aliphatic carbocycles. The molecule has 9 heteroatoms. The summed E-state index contributed by atoms with van der Waals surface area (Å²) >= 11 is 0. The molecule has 1 saturated carbocycles. The van der Waals surface area contributed by atoms with Crippen molar-refractivity contribution in [2.75, 3.05) is 6.54 Å². The van der Waals surface area contributed by atoms with E-state index >= 15 is 0 Å². The first kappa shape index (κ1) is 22.7. The van der Waals surface area contributed by atoms with Gasteiger partial charge >= 0.3 is 0 Å². The predicted octanol–water partition coefficient (Wildman–Crippen LogP) is 1.72. The van der Waals surface area contributed by atoms with Gasteiger partial charge in [0, 0.05) is 24.9 Å². The summed E-state index contributed by atoms with van der Waals surface area (Å²) in [4.78, 5) is 36.9. The molecule has 166 valence electrons. The lowest BCUT2D eigenvalue weighted by molar-refractivity contribution is -0.129. The van der Waals surface area contributed by atoms with Gasteiger partial charge in [-0.3, -0.25) is 14.4 Å². The minimum absolute atomic E-state index is 0.0265. The van der Waals surface area contributed by atoms with Crippen LogP contribution in [0.15, 0.2) is 18.2 Å². The maximum atomic E-state index is 13.3. The molecule has 2 aliphatic rings. The van der Waals surface area contributed by atoms with Gasteiger partial charge in [-0.2, -0.15) is 5.26 Å². The van der Waals surface area contributed by atoms with Crippen LogP contribution in [-0.4, -0.2) is 36.3 Å². The number of amides is 3. The molecule has 1 unspecified atom stereocenters. The van der Waals surface area contributed by atoms with Crippen molar-refractivity contribution in [1.82, 2.24) is 16.0 Å². The number of nitrogens with one attached hydrogen (secondary N) is 3. The number of nitrogens with zero attached hydrogens (tertiary/aromatic N) is 1. The molecular weight excluding hydrogens is 406 g/mol. The highest BCUT2D eigenvalue weighted by atomic mass is 19.1. The van der Waals surface area contributed by atoms with Crippen molar-refractivity contribution in [3.63, 3.8) is 0 Å². The van der Waals surface area contributed by atoms with Crippen LogP contribution in [0.1, 0.15) is 44.1 Å². The van der Waals surface area contributed by atoms with E-state index in [1.165, 1.54) is 12.1 Å². The van der Waals surface area contributed by atoms with E-state index in [9.17, 15) is 28.4 Å². The van der Waals surface area contributed by atoms with Crippen LogP contribution in [0.3, 0.4) is 0 Å². The van der Waals surface area contributed by atoms with Crippen LogP contribution < -0.4 is 16.0 Å². The van der Waals surface area contributed by atoms with Gasteiger partial charge in [-0.25, -0.2) is 8.78 Å². The highest BCUT2D eigenvalue weighted by Crippen LogP contribution is 2.33. The van der Waals surface area contributed by atoms with Crippen LogP contribution >= 0.6 is 0 Å². The van der Waals surface area contributed by atoms with Crippen molar-refractivity contribution < 1.29 is 23.2 Å². The molecule has 3 atom stereocenters. The van der Waals surface area contributed by atoms with E-state index in [1.54, 1.807) is 0 Å². The Morgan fingerprint density at radius 1 is 1.13 bits per heavy atom. The number of rotatable bonds is 10. The zero-order chi connectivity index (χ0) is 22.4. The van der Waals surface area contributed by atoms with Gasteiger partial charge < -0.3 is 16.0 Å². The van der Waals surface area contributed by atoms with Crippen molar-refractivity contribution in [2.24, 2.45) is 11.8 Å². The number of carbonyl (C=O) groups excluding carboxylic acids is 3. The van der Waals surface area contributed by atoms with Crippen LogP contribution in [0.4, 0.5) is 8.78 Å². The lowest BCUT2D eigenvalue weighted by atomic mass is 9.98. The Morgan fingerprint density at radius 3 is 2.42 bits per heavy atom. The van der Waals surface area contributed by atoms with E-state index < -0.39 is 35.5 Å². The van der Waals surface area contributed by atoms with Crippen molar-refractivity contribution in [2.45, 2.75) is 57.0 Å². The third kappa shape index (κ3) is 7.02. The Hall–Kier alpha value is -3.02. The lowest BCUT2D eigenvalue weighted by Gasteiger charge is -2.21. The largest absolute Gasteiger partial charge is 0.356 e. The van der Waals surface area contributed by atoms with Crippen LogP contribution in [0.25, 0.3) is 0 Å². The Morgan fingerprint density at radius 2 is 1.84 bits per heavy atom. The Kier molecular flexibility index (Phi) is 7.55. The minimum Gasteiger partial charge on any atom is -0.356 e. The van der Waals surface area contributed by atoms with Gasteiger partial charge in [0.15, 0.2) is 0 Å². The average Bonchev–Trinajstić information content (AvgIpc) is 3.45. The van der Waals surface area contributed by atoms with Crippen LogP contribution in [0.2, 0.25) is 0 Å². The maximum Gasteiger partial charge on any atom is 0.243 e. The molecule has 7 nitrogen and oxygen atoms in total. The molecule has 31 heavy (non-hydrogen) atoms. The molecule has 3 rings (SSSR count). The minimum atomic E-state index is -0.824. The number of halogens is 2. The van der Waals surface area contributed by atoms with Crippen molar-refractivity contribution in [3.05, 3.63) is 35.4 Å². The summed E-state index contributed by atoms with van der Waals surface area (Å²) in [6, 6.07) is 3.50. The first-order chi connectivity index (χ1) is 14.8. The fourth-order valence-electron chi connectivity index (χ4n) is 3.77. The van der Waals surface area contributed by atoms with E-state index in [4.69, 9.17) is 0 Å². The van der Waals surface area contributed by atoms with Gasteiger partial charge in [-0.15, -0.1) is 0 Å². The van der Waals surface area contributed by atoms with Crippen LogP contribution in [-0.2, 0) is 20.8 Å². The second-order valence-corrected chi connectivity index (χ2v) is 8.28. The highest BCUT2D eigenvalue weighted by molar-refractivity contribution is 5.88. The Labute approximate surface area is 179 Å². The number of hydrogen-bond donors (Lipinski definition) is 3. The van der Waals surface area contributed by atoms with Crippen LogP contribution in [0, 0.1) is 34.8 Å². The molecule has 1 aromatic rings. The monoisotopic (exact) mass is 432 g/mol. The predicted molar refractivity (Wildman–Crippen MR) is 107 cm³/mol. The molecule has 0 radical (unpaired) electrons. The molecule has 1 aromatic carbocycles. The average molecular weight is 432 g/mol. The third-order valence-electron chi connectivity index (χ3n) is 5.64. The van der Waals surface area contributed by atoms with Crippen LogP contribution in [0.5, 0.6) is 0 Å². The smallest absolute Gasteiger partial charge is 0.243 e. The van der Waals surface area contributed by atoms with Crippen molar-refractivity contribution in [1.29, 1.82) is 5.26 Å². The molecule has 2 fully saturated rings. The third-order valence-corrected chi connectivity index (χ3v) is 5.64. The topological polar surface area (TPSA) is 111 Å². The highest BCUT2D eigenvalue weighted by Gasteiger charge is 2.33. The normalized spacial score (nSPS) is 19.8. The molecule has 1 saturated heterocycles. The number of carbonyl (C=O) groups is 3. The second kappa shape index (κ2) is 10.3. The van der Waals surface area contributed by atoms with E-state index in [0.717, 1.165) is 18.9 Å². The lowest BCUT2D eigenvalue weighted by Crippen LogP contribution is -2.50. The number of nitriles is 1. The molecule has 0 bridgehead atoms. The zero-order valence-electron chi connectivity index (χ0n) is 17.1. The molecule has 3 amide bonds. The fourth-order valence-corrected chi connectivity index (χ4v) is 3.77. The Bertz CT molecular complexity index is 862. The Balaban J connectivity index is 1.54. The number of aryl methyl sites for hydroxylation is 1. The maximum absolute atomic E-state index is 13.3.